The third kappa shape index (κ3) is 3.95. The lowest BCUT2D eigenvalue weighted by Crippen LogP contribution is -2.24. The van der Waals surface area contributed by atoms with Crippen LogP contribution in [0.15, 0.2) is 40.9 Å². The lowest BCUT2D eigenvalue weighted by molar-refractivity contribution is -0.128. The molecule has 2 heterocycles. The number of halogens is 2. The Labute approximate surface area is 177 Å². The Morgan fingerprint density at radius 3 is 2.80 bits per heavy atom. The fourth-order valence-electron chi connectivity index (χ4n) is 3.46. The lowest BCUT2D eigenvalue weighted by atomic mass is 10.1. The van der Waals surface area contributed by atoms with Gasteiger partial charge >= 0.3 is 0 Å². The average Bonchev–Trinajstić information content (AvgIpc) is 3.37. The van der Waals surface area contributed by atoms with Crippen LogP contribution in [0.5, 0.6) is 11.5 Å². The van der Waals surface area contributed by atoms with Crippen molar-refractivity contribution in [2.24, 2.45) is 0 Å². The zero-order valence-electron chi connectivity index (χ0n) is 16.4. The first-order valence-electron chi connectivity index (χ1n) is 9.26. The quantitative estimate of drug-likeness (QED) is 0.585. The monoisotopic (exact) mass is 431 g/mol. The van der Waals surface area contributed by atoms with E-state index in [2.05, 4.69) is 10.1 Å². The summed E-state index contributed by atoms with van der Waals surface area (Å²) in [5.74, 6) is 1.13. The Kier molecular flexibility index (Phi) is 5.59. The van der Waals surface area contributed by atoms with Crippen LogP contribution in [-0.2, 0) is 11.3 Å². The van der Waals surface area contributed by atoms with Gasteiger partial charge in [-0.2, -0.15) is 4.98 Å². The second-order valence-electron chi connectivity index (χ2n) is 6.94. The Balaban J connectivity index is 1.50. The molecule has 1 aliphatic rings. The maximum Gasteiger partial charge on any atom is 0.232 e. The summed E-state index contributed by atoms with van der Waals surface area (Å²) in [6.45, 7) is 0.801. The Hall–Kier alpha value is -3.13. The third-order valence-corrected chi connectivity index (χ3v) is 5.34. The van der Waals surface area contributed by atoms with Crippen LogP contribution in [0, 0.1) is 5.82 Å². The topological polar surface area (TPSA) is 77.7 Å². The summed E-state index contributed by atoms with van der Waals surface area (Å²) in [5.41, 5.74) is 1.29. The van der Waals surface area contributed by atoms with Gasteiger partial charge in [0.05, 0.1) is 25.2 Å². The minimum atomic E-state index is -0.560. The number of hydrogen-bond donors (Lipinski definition) is 0. The van der Waals surface area contributed by atoms with Gasteiger partial charge in [0.15, 0.2) is 0 Å². The lowest BCUT2D eigenvalue weighted by Gasteiger charge is -2.18. The highest BCUT2D eigenvalue weighted by molar-refractivity contribution is 6.30. The van der Waals surface area contributed by atoms with Crippen molar-refractivity contribution >= 4 is 17.5 Å². The molecule has 1 amide bonds. The van der Waals surface area contributed by atoms with Gasteiger partial charge in [-0.05, 0) is 36.4 Å². The summed E-state index contributed by atoms with van der Waals surface area (Å²) >= 11 is 5.72. The summed E-state index contributed by atoms with van der Waals surface area (Å²) in [7, 11) is 3.17. The summed E-state index contributed by atoms with van der Waals surface area (Å²) in [5, 5.41) is 3.94. The molecule has 30 heavy (non-hydrogen) atoms. The molecule has 3 aromatic rings. The highest BCUT2D eigenvalue weighted by Crippen LogP contribution is 2.32. The number of carbonyl (C=O) groups excluding carboxylic acids is 1. The minimum absolute atomic E-state index is 0.0208. The summed E-state index contributed by atoms with van der Waals surface area (Å²) < 4.78 is 29.7. The standard InChI is InChI=1S/C21H19ClFN3O4/c1-28-15-4-6-18(29-2)13(7-15)10-26-11-14(9-19(26)27)21-24-20(25-30-21)12-3-5-16(22)17(23)8-12/h3-8,14H,9-11H2,1-2H3. The number of nitrogens with zero attached hydrogens (tertiary/aromatic N) is 3. The van der Waals surface area contributed by atoms with Gasteiger partial charge in [0.1, 0.15) is 17.3 Å². The number of aromatic nitrogens is 2. The van der Waals surface area contributed by atoms with E-state index in [4.69, 9.17) is 25.6 Å². The van der Waals surface area contributed by atoms with Crippen LogP contribution >= 0.6 is 11.6 Å². The highest BCUT2D eigenvalue weighted by Gasteiger charge is 2.34. The van der Waals surface area contributed by atoms with Gasteiger partial charge < -0.3 is 18.9 Å². The molecule has 0 saturated carbocycles. The predicted octanol–water partition coefficient (Wildman–Crippen LogP) is 4.06. The van der Waals surface area contributed by atoms with Crippen LogP contribution < -0.4 is 9.47 Å². The molecule has 2 aromatic carbocycles. The summed E-state index contributed by atoms with van der Waals surface area (Å²) in [6, 6.07) is 9.75. The summed E-state index contributed by atoms with van der Waals surface area (Å²) in [6.07, 6.45) is 0.253. The molecule has 1 aliphatic heterocycles. The molecule has 0 spiro atoms. The van der Waals surface area contributed by atoms with Gasteiger partial charge in [0.25, 0.3) is 0 Å². The number of carbonyl (C=O) groups is 1. The Morgan fingerprint density at radius 1 is 1.23 bits per heavy atom. The molecule has 1 saturated heterocycles. The molecule has 0 radical (unpaired) electrons. The van der Waals surface area contributed by atoms with E-state index in [1.54, 1.807) is 31.3 Å². The number of hydrogen-bond acceptors (Lipinski definition) is 6. The van der Waals surface area contributed by atoms with E-state index in [0.29, 0.717) is 36.0 Å². The molecule has 1 fully saturated rings. The molecule has 1 atom stereocenters. The van der Waals surface area contributed by atoms with Crippen molar-refractivity contribution in [3.63, 3.8) is 0 Å². The van der Waals surface area contributed by atoms with E-state index in [1.807, 2.05) is 12.1 Å². The first-order valence-corrected chi connectivity index (χ1v) is 9.64. The fourth-order valence-corrected chi connectivity index (χ4v) is 3.57. The van der Waals surface area contributed by atoms with Crippen molar-refractivity contribution < 1.29 is 23.2 Å². The second kappa shape index (κ2) is 8.31. The number of ether oxygens (including phenoxy) is 2. The van der Waals surface area contributed by atoms with Gasteiger partial charge in [-0.15, -0.1) is 0 Å². The van der Waals surface area contributed by atoms with Crippen LogP contribution in [0.4, 0.5) is 4.39 Å². The molecule has 7 nitrogen and oxygen atoms in total. The molecule has 9 heteroatoms. The highest BCUT2D eigenvalue weighted by atomic mass is 35.5. The van der Waals surface area contributed by atoms with Gasteiger partial charge in [-0.25, -0.2) is 4.39 Å². The molecule has 4 rings (SSSR count). The van der Waals surface area contributed by atoms with Crippen molar-refractivity contribution in [2.75, 3.05) is 20.8 Å². The molecular formula is C21H19ClFN3O4. The number of methoxy groups -OCH3 is 2. The first-order chi connectivity index (χ1) is 14.5. The molecule has 156 valence electrons. The average molecular weight is 432 g/mol. The Bertz CT molecular complexity index is 1090. The van der Waals surface area contributed by atoms with Crippen molar-refractivity contribution in [1.82, 2.24) is 15.0 Å². The number of amides is 1. The van der Waals surface area contributed by atoms with E-state index in [1.165, 1.54) is 12.1 Å². The van der Waals surface area contributed by atoms with Crippen molar-refractivity contribution in [3.8, 4) is 22.9 Å². The summed E-state index contributed by atoms with van der Waals surface area (Å²) in [4.78, 5) is 18.7. The SMILES string of the molecule is COc1ccc(OC)c(CN2CC(c3nc(-c4ccc(Cl)c(F)c4)no3)CC2=O)c1. The normalized spacial score (nSPS) is 16.2. The van der Waals surface area contributed by atoms with Crippen LogP contribution in [0.2, 0.25) is 5.02 Å². The number of benzene rings is 2. The van der Waals surface area contributed by atoms with E-state index in [-0.39, 0.29) is 29.1 Å². The first kappa shape index (κ1) is 20.2. The van der Waals surface area contributed by atoms with Crippen LogP contribution in [-0.4, -0.2) is 41.7 Å². The van der Waals surface area contributed by atoms with Crippen LogP contribution in [0.1, 0.15) is 23.8 Å². The number of likely N-dealkylation sites (tertiary alicyclic amines) is 1. The number of rotatable bonds is 6. The van der Waals surface area contributed by atoms with E-state index >= 15 is 0 Å². The largest absolute Gasteiger partial charge is 0.497 e. The molecular weight excluding hydrogens is 413 g/mol. The molecule has 1 unspecified atom stereocenters. The zero-order valence-corrected chi connectivity index (χ0v) is 17.1. The molecule has 0 aliphatic carbocycles. The maximum atomic E-state index is 13.7. The van der Waals surface area contributed by atoms with Gasteiger partial charge in [-0.3, -0.25) is 4.79 Å². The zero-order chi connectivity index (χ0) is 21.3. The smallest absolute Gasteiger partial charge is 0.232 e. The van der Waals surface area contributed by atoms with Crippen LogP contribution in [0.3, 0.4) is 0 Å². The molecule has 0 bridgehead atoms. The van der Waals surface area contributed by atoms with Crippen molar-refractivity contribution in [2.45, 2.75) is 18.9 Å². The second-order valence-corrected chi connectivity index (χ2v) is 7.35. The van der Waals surface area contributed by atoms with Crippen molar-refractivity contribution in [3.05, 3.63) is 58.7 Å². The van der Waals surface area contributed by atoms with Gasteiger partial charge in [-0.1, -0.05) is 16.8 Å². The Morgan fingerprint density at radius 2 is 2.07 bits per heavy atom. The van der Waals surface area contributed by atoms with E-state index < -0.39 is 5.82 Å². The van der Waals surface area contributed by atoms with Crippen LogP contribution in [0.25, 0.3) is 11.4 Å². The molecule has 1 aromatic heterocycles. The van der Waals surface area contributed by atoms with E-state index in [0.717, 1.165) is 5.56 Å². The van der Waals surface area contributed by atoms with E-state index in [9.17, 15) is 9.18 Å². The fraction of sp³-hybridized carbons (Fsp3) is 0.286. The molecule has 0 N–H and O–H groups in total. The third-order valence-electron chi connectivity index (χ3n) is 5.03. The maximum absolute atomic E-state index is 13.7. The van der Waals surface area contributed by atoms with Gasteiger partial charge in [0.2, 0.25) is 17.6 Å². The van der Waals surface area contributed by atoms with Crippen molar-refractivity contribution in [1.29, 1.82) is 0 Å². The predicted molar refractivity (Wildman–Crippen MR) is 107 cm³/mol. The van der Waals surface area contributed by atoms with Gasteiger partial charge in [0, 0.05) is 30.6 Å². The minimum Gasteiger partial charge on any atom is -0.497 e.